The molecule has 1 N–H and O–H groups in total. The smallest absolute Gasteiger partial charge is 0.225 e. The molecule has 0 unspecified atom stereocenters. The lowest BCUT2D eigenvalue weighted by atomic mass is 9.83. The molecule has 1 amide bonds. The minimum atomic E-state index is 0.166. The van der Waals surface area contributed by atoms with Crippen LogP contribution in [0.2, 0.25) is 0 Å². The van der Waals surface area contributed by atoms with Gasteiger partial charge in [0.1, 0.15) is 0 Å². The van der Waals surface area contributed by atoms with E-state index in [0.717, 1.165) is 51.5 Å². The number of rotatable bonds is 4. The molecule has 1 saturated carbocycles. The van der Waals surface area contributed by atoms with E-state index in [4.69, 9.17) is 4.74 Å². The van der Waals surface area contributed by atoms with Crippen molar-refractivity contribution in [3.63, 3.8) is 0 Å². The van der Waals surface area contributed by atoms with Gasteiger partial charge in [0.05, 0.1) is 13.2 Å². The molecule has 0 bridgehead atoms. The van der Waals surface area contributed by atoms with Crippen LogP contribution in [0.4, 0.5) is 0 Å². The maximum atomic E-state index is 12.7. The molecule has 0 atom stereocenters. The number of nitrogens with zero attached hydrogens (tertiary/aromatic N) is 3. The maximum Gasteiger partial charge on any atom is 0.225 e. The zero-order chi connectivity index (χ0) is 18.4. The van der Waals surface area contributed by atoms with Gasteiger partial charge in [-0.1, -0.05) is 19.8 Å². The fraction of sp³-hybridized carbons (Fsp3) is 0.900. The predicted molar refractivity (Wildman–Crippen MR) is 104 cm³/mol. The first-order chi connectivity index (χ1) is 12.7. The van der Waals surface area contributed by atoms with Gasteiger partial charge in [-0.05, 0) is 37.5 Å². The van der Waals surface area contributed by atoms with Gasteiger partial charge in [0.15, 0.2) is 5.96 Å². The average molecular weight is 365 g/mol. The van der Waals surface area contributed by atoms with Crippen molar-refractivity contribution in [3.05, 3.63) is 0 Å². The van der Waals surface area contributed by atoms with E-state index >= 15 is 0 Å². The molecule has 2 saturated heterocycles. The van der Waals surface area contributed by atoms with Crippen LogP contribution in [0.3, 0.4) is 0 Å². The Hall–Kier alpha value is -1.30. The SMILES string of the molecule is CCC1(CNC(=NC)N2CCC(C(=O)N3CCOCC3)CC2)CCCC1. The summed E-state index contributed by atoms with van der Waals surface area (Å²) in [5.74, 6) is 1.51. The number of ether oxygens (including phenoxy) is 1. The van der Waals surface area contributed by atoms with Crippen molar-refractivity contribution >= 4 is 11.9 Å². The second kappa shape index (κ2) is 9.07. The van der Waals surface area contributed by atoms with Crippen LogP contribution in [0.1, 0.15) is 51.9 Å². The van der Waals surface area contributed by atoms with Gasteiger partial charge in [-0.3, -0.25) is 9.79 Å². The van der Waals surface area contributed by atoms with Crippen molar-refractivity contribution in [2.24, 2.45) is 16.3 Å². The highest BCUT2D eigenvalue weighted by molar-refractivity contribution is 5.81. The minimum Gasteiger partial charge on any atom is -0.378 e. The highest BCUT2D eigenvalue weighted by Gasteiger charge is 2.33. The fourth-order valence-corrected chi connectivity index (χ4v) is 4.76. The summed E-state index contributed by atoms with van der Waals surface area (Å²) < 4.78 is 5.36. The summed E-state index contributed by atoms with van der Waals surface area (Å²) in [6.45, 7) is 8.05. The Morgan fingerprint density at radius 1 is 1.12 bits per heavy atom. The molecule has 3 fully saturated rings. The standard InChI is InChI=1S/C20H36N4O2/c1-3-20(8-4-5-9-20)16-22-19(21-2)24-10-6-17(7-11-24)18(25)23-12-14-26-15-13-23/h17H,3-16H2,1-2H3,(H,21,22). The van der Waals surface area contributed by atoms with E-state index in [9.17, 15) is 4.79 Å². The summed E-state index contributed by atoms with van der Waals surface area (Å²) in [6, 6.07) is 0. The van der Waals surface area contributed by atoms with Gasteiger partial charge < -0.3 is 19.9 Å². The Morgan fingerprint density at radius 3 is 2.35 bits per heavy atom. The van der Waals surface area contributed by atoms with E-state index in [1.165, 1.54) is 32.1 Å². The highest BCUT2D eigenvalue weighted by atomic mass is 16.5. The van der Waals surface area contributed by atoms with E-state index in [1.54, 1.807) is 0 Å². The number of guanidine groups is 1. The molecule has 0 aromatic carbocycles. The summed E-state index contributed by atoms with van der Waals surface area (Å²) in [7, 11) is 1.88. The predicted octanol–water partition coefficient (Wildman–Crippen LogP) is 2.10. The monoisotopic (exact) mass is 364 g/mol. The third-order valence-electron chi connectivity index (χ3n) is 6.71. The van der Waals surface area contributed by atoms with Crippen LogP contribution in [-0.4, -0.2) is 74.7 Å². The molecule has 6 heteroatoms. The Labute approximate surface area is 158 Å². The number of morpholine rings is 1. The number of nitrogens with one attached hydrogen (secondary N) is 1. The van der Waals surface area contributed by atoms with Crippen molar-refractivity contribution in [1.29, 1.82) is 0 Å². The van der Waals surface area contributed by atoms with Crippen LogP contribution < -0.4 is 5.32 Å². The molecule has 3 aliphatic rings. The van der Waals surface area contributed by atoms with Crippen LogP contribution in [0.5, 0.6) is 0 Å². The van der Waals surface area contributed by atoms with E-state index in [-0.39, 0.29) is 5.92 Å². The van der Waals surface area contributed by atoms with Gasteiger partial charge >= 0.3 is 0 Å². The van der Waals surface area contributed by atoms with Gasteiger partial charge in [0, 0.05) is 45.7 Å². The number of carbonyl (C=O) groups is 1. The summed E-state index contributed by atoms with van der Waals surface area (Å²) in [4.78, 5) is 21.5. The normalized spacial score (nSPS) is 24.8. The lowest BCUT2D eigenvalue weighted by Gasteiger charge is -2.37. The van der Waals surface area contributed by atoms with E-state index in [1.807, 2.05) is 11.9 Å². The Morgan fingerprint density at radius 2 is 1.77 bits per heavy atom. The van der Waals surface area contributed by atoms with E-state index in [0.29, 0.717) is 24.5 Å². The third-order valence-corrected chi connectivity index (χ3v) is 6.71. The highest BCUT2D eigenvalue weighted by Crippen LogP contribution is 2.40. The summed E-state index contributed by atoms with van der Waals surface area (Å²) >= 11 is 0. The number of likely N-dealkylation sites (tertiary alicyclic amines) is 1. The maximum absolute atomic E-state index is 12.7. The number of piperidine rings is 1. The first-order valence-electron chi connectivity index (χ1n) is 10.5. The van der Waals surface area contributed by atoms with Crippen molar-refractivity contribution in [2.75, 3.05) is 53.0 Å². The third kappa shape index (κ3) is 4.51. The van der Waals surface area contributed by atoms with Crippen molar-refractivity contribution in [1.82, 2.24) is 15.1 Å². The lowest BCUT2D eigenvalue weighted by molar-refractivity contribution is -0.140. The Bertz CT molecular complexity index is 488. The molecule has 26 heavy (non-hydrogen) atoms. The first kappa shape index (κ1) is 19.5. The van der Waals surface area contributed by atoms with Crippen molar-refractivity contribution < 1.29 is 9.53 Å². The largest absolute Gasteiger partial charge is 0.378 e. The van der Waals surface area contributed by atoms with Crippen LogP contribution in [0.15, 0.2) is 4.99 Å². The lowest BCUT2D eigenvalue weighted by Crippen LogP contribution is -2.51. The first-order valence-corrected chi connectivity index (χ1v) is 10.5. The number of hydrogen-bond acceptors (Lipinski definition) is 3. The fourth-order valence-electron chi connectivity index (χ4n) is 4.76. The van der Waals surface area contributed by atoms with Gasteiger partial charge in [-0.15, -0.1) is 0 Å². The van der Waals surface area contributed by atoms with Crippen molar-refractivity contribution in [2.45, 2.75) is 51.9 Å². The molecule has 1 aliphatic carbocycles. The van der Waals surface area contributed by atoms with Gasteiger partial charge in [-0.25, -0.2) is 0 Å². The molecule has 6 nitrogen and oxygen atoms in total. The second-order valence-corrected chi connectivity index (χ2v) is 8.16. The number of aliphatic imine (C=N–C) groups is 1. The molecule has 0 aromatic heterocycles. The molecule has 2 heterocycles. The molecule has 2 aliphatic heterocycles. The average Bonchev–Trinajstić information content (AvgIpc) is 3.18. The van der Waals surface area contributed by atoms with Crippen molar-refractivity contribution in [3.8, 4) is 0 Å². The molecular formula is C20H36N4O2. The topological polar surface area (TPSA) is 57.2 Å². The van der Waals surface area contributed by atoms with Gasteiger partial charge in [0.25, 0.3) is 0 Å². The van der Waals surface area contributed by atoms with E-state index in [2.05, 4.69) is 22.1 Å². The van der Waals surface area contributed by atoms with Crippen LogP contribution >= 0.6 is 0 Å². The number of carbonyl (C=O) groups excluding carboxylic acids is 1. The van der Waals surface area contributed by atoms with Crippen LogP contribution in [-0.2, 0) is 9.53 Å². The minimum absolute atomic E-state index is 0.166. The van der Waals surface area contributed by atoms with Crippen LogP contribution in [0.25, 0.3) is 0 Å². The molecule has 0 aromatic rings. The zero-order valence-electron chi connectivity index (χ0n) is 16.6. The molecule has 148 valence electrons. The second-order valence-electron chi connectivity index (χ2n) is 8.16. The number of hydrogen-bond donors (Lipinski definition) is 1. The Balaban J connectivity index is 1.47. The quantitative estimate of drug-likeness (QED) is 0.613. The zero-order valence-corrected chi connectivity index (χ0v) is 16.6. The van der Waals surface area contributed by atoms with Crippen LogP contribution in [0, 0.1) is 11.3 Å². The molecule has 3 rings (SSSR count). The van der Waals surface area contributed by atoms with Gasteiger partial charge in [0.2, 0.25) is 5.91 Å². The molecule has 0 spiro atoms. The molecule has 0 radical (unpaired) electrons. The summed E-state index contributed by atoms with van der Waals surface area (Å²) in [5.41, 5.74) is 0.459. The molecular weight excluding hydrogens is 328 g/mol. The summed E-state index contributed by atoms with van der Waals surface area (Å²) in [5, 5.41) is 3.64. The number of amides is 1. The summed E-state index contributed by atoms with van der Waals surface area (Å²) in [6.07, 6.45) is 8.50. The Kier molecular flexibility index (Phi) is 6.79. The van der Waals surface area contributed by atoms with E-state index < -0.39 is 0 Å². The van der Waals surface area contributed by atoms with Gasteiger partial charge in [-0.2, -0.15) is 0 Å².